The van der Waals surface area contributed by atoms with Crippen molar-refractivity contribution in [2.45, 2.75) is 19.9 Å². The molecule has 11 heteroatoms. The molecule has 5 rings (SSSR count). The number of non-ortho nitro benzene ring substituents is 1. The molecule has 3 heterocycles. The van der Waals surface area contributed by atoms with Gasteiger partial charge in [-0.25, -0.2) is 9.79 Å². The fourth-order valence-electron chi connectivity index (χ4n) is 4.37. The molecule has 0 N–H and O–H groups in total. The zero-order chi connectivity index (χ0) is 27.0. The van der Waals surface area contributed by atoms with E-state index in [1.54, 1.807) is 56.3 Å². The first-order valence-electron chi connectivity index (χ1n) is 11.7. The predicted octanol–water partition coefficient (Wildman–Crippen LogP) is 4.15. The van der Waals surface area contributed by atoms with Crippen LogP contribution in [0.25, 0.3) is 11.8 Å². The van der Waals surface area contributed by atoms with Gasteiger partial charge in [-0.15, -0.1) is 0 Å². The molecule has 2 aromatic carbocycles. The van der Waals surface area contributed by atoms with Crippen LogP contribution in [0.5, 0.6) is 0 Å². The number of nitro groups is 1. The minimum Gasteiger partial charge on any atom is -0.463 e. The maximum absolute atomic E-state index is 13.8. The van der Waals surface area contributed by atoms with E-state index >= 15 is 0 Å². The van der Waals surface area contributed by atoms with Crippen LogP contribution in [0.15, 0.2) is 87.9 Å². The van der Waals surface area contributed by atoms with E-state index in [2.05, 4.69) is 4.99 Å². The SMILES string of the molecule is CCOC(=O)C1=C(C)N=c2sc(=Cc3cccn3-c3ccc([N+](=O)[O-])cc3)c(=O)n2C1c1ccc(Cl)cc1. The van der Waals surface area contributed by atoms with Crippen LogP contribution in [0.1, 0.15) is 31.1 Å². The van der Waals surface area contributed by atoms with Gasteiger partial charge in [0.15, 0.2) is 4.80 Å². The lowest BCUT2D eigenvalue weighted by atomic mass is 9.96. The quantitative estimate of drug-likeness (QED) is 0.204. The van der Waals surface area contributed by atoms with Crippen molar-refractivity contribution < 1.29 is 14.5 Å². The van der Waals surface area contributed by atoms with Crippen LogP contribution in [-0.2, 0) is 9.53 Å². The summed E-state index contributed by atoms with van der Waals surface area (Å²) in [6.45, 7) is 3.64. The van der Waals surface area contributed by atoms with Crippen molar-refractivity contribution in [2.24, 2.45) is 4.99 Å². The summed E-state index contributed by atoms with van der Waals surface area (Å²) in [4.78, 5) is 42.4. The molecule has 9 nitrogen and oxygen atoms in total. The van der Waals surface area contributed by atoms with Crippen LogP contribution in [0.2, 0.25) is 5.02 Å². The molecule has 0 saturated heterocycles. The molecule has 1 aliphatic heterocycles. The van der Waals surface area contributed by atoms with Gasteiger partial charge in [-0.05, 0) is 61.9 Å². The number of carbonyl (C=O) groups is 1. The summed E-state index contributed by atoms with van der Waals surface area (Å²) < 4.78 is 9.07. The van der Waals surface area contributed by atoms with E-state index in [9.17, 15) is 19.7 Å². The summed E-state index contributed by atoms with van der Waals surface area (Å²) in [6, 6.07) is 16.1. The first-order chi connectivity index (χ1) is 18.3. The first-order valence-corrected chi connectivity index (χ1v) is 12.8. The number of nitrogens with zero attached hydrogens (tertiary/aromatic N) is 4. The molecular weight excluding hydrogens is 528 g/mol. The lowest BCUT2D eigenvalue weighted by Crippen LogP contribution is -2.40. The average Bonchev–Trinajstić information content (AvgIpc) is 3.48. The summed E-state index contributed by atoms with van der Waals surface area (Å²) in [5.41, 5.74) is 2.57. The Morgan fingerprint density at radius 1 is 1.18 bits per heavy atom. The van der Waals surface area contributed by atoms with Crippen molar-refractivity contribution >= 4 is 40.7 Å². The summed E-state index contributed by atoms with van der Waals surface area (Å²) >= 11 is 7.32. The number of benzene rings is 2. The van der Waals surface area contributed by atoms with E-state index in [0.717, 1.165) is 0 Å². The zero-order valence-electron chi connectivity index (χ0n) is 20.3. The second kappa shape index (κ2) is 10.2. The van der Waals surface area contributed by atoms with E-state index in [-0.39, 0.29) is 17.9 Å². The fourth-order valence-corrected chi connectivity index (χ4v) is 5.53. The standard InChI is InChI=1S/C27H21ClN4O5S/c1-3-37-26(34)23-16(2)29-27-31(24(23)17-6-8-18(28)9-7-17)25(33)22(38-27)15-21-5-4-14-30(21)19-10-12-20(13-11-19)32(35)36/h4-15,24H,3H2,1-2H3. The van der Waals surface area contributed by atoms with Crippen LogP contribution in [0.4, 0.5) is 5.69 Å². The number of hydrogen-bond acceptors (Lipinski definition) is 7. The van der Waals surface area contributed by atoms with Gasteiger partial charge in [0.25, 0.3) is 11.2 Å². The number of thiazole rings is 1. The Kier molecular flexibility index (Phi) is 6.83. The summed E-state index contributed by atoms with van der Waals surface area (Å²) in [7, 11) is 0. The molecule has 0 spiro atoms. The Bertz CT molecular complexity index is 1770. The molecular formula is C27H21ClN4O5S. The lowest BCUT2D eigenvalue weighted by Gasteiger charge is -2.24. The van der Waals surface area contributed by atoms with Crippen LogP contribution >= 0.6 is 22.9 Å². The highest BCUT2D eigenvalue weighted by Crippen LogP contribution is 2.31. The number of carbonyl (C=O) groups excluding carboxylic acids is 1. The van der Waals surface area contributed by atoms with E-state index < -0.39 is 16.9 Å². The average molecular weight is 549 g/mol. The van der Waals surface area contributed by atoms with Crippen LogP contribution in [-0.4, -0.2) is 26.6 Å². The maximum atomic E-state index is 13.8. The Hall–Kier alpha value is -4.28. The highest BCUT2D eigenvalue weighted by atomic mass is 35.5. The van der Waals surface area contributed by atoms with E-state index in [0.29, 0.717) is 42.6 Å². The molecule has 2 aromatic heterocycles. The Morgan fingerprint density at radius 3 is 2.55 bits per heavy atom. The van der Waals surface area contributed by atoms with E-state index in [1.807, 2.05) is 22.9 Å². The molecule has 0 saturated carbocycles. The number of aromatic nitrogens is 2. The van der Waals surface area contributed by atoms with Crippen LogP contribution in [0.3, 0.4) is 0 Å². The largest absolute Gasteiger partial charge is 0.463 e. The van der Waals surface area contributed by atoms with Crippen molar-refractivity contribution in [3.63, 3.8) is 0 Å². The number of allylic oxidation sites excluding steroid dienone is 1. The number of halogens is 1. The lowest BCUT2D eigenvalue weighted by molar-refractivity contribution is -0.384. The molecule has 0 aliphatic carbocycles. The minimum absolute atomic E-state index is 0.00858. The second-order valence-electron chi connectivity index (χ2n) is 8.43. The third-order valence-electron chi connectivity index (χ3n) is 6.10. The van der Waals surface area contributed by atoms with Gasteiger partial charge in [0.05, 0.1) is 33.4 Å². The summed E-state index contributed by atoms with van der Waals surface area (Å²) in [5, 5.41) is 11.6. The monoisotopic (exact) mass is 548 g/mol. The van der Waals surface area contributed by atoms with Gasteiger partial charge in [-0.3, -0.25) is 19.5 Å². The normalized spacial score (nSPS) is 15.2. The van der Waals surface area contributed by atoms with Gasteiger partial charge in [-0.1, -0.05) is 35.1 Å². The van der Waals surface area contributed by atoms with Gasteiger partial charge in [0.1, 0.15) is 0 Å². The Labute approximate surface area is 225 Å². The van der Waals surface area contributed by atoms with Crippen LogP contribution in [0, 0.1) is 10.1 Å². The maximum Gasteiger partial charge on any atom is 0.338 e. The Morgan fingerprint density at radius 2 is 1.89 bits per heavy atom. The topological polar surface area (TPSA) is 109 Å². The number of hydrogen-bond donors (Lipinski definition) is 0. The molecule has 0 fully saturated rings. The molecule has 192 valence electrons. The molecule has 1 aliphatic rings. The van der Waals surface area contributed by atoms with Crippen molar-refractivity contribution in [3.8, 4) is 5.69 Å². The molecule has 4 aromatic rings. The molecule has 1 atom stereocenters. The number of rotatable bonds is 6. The van der Waals surface area contributed by atoms with E-state index in [1.165, 1.54) is 28.0 Å². The smallest absolute Gasteiger partial charge is 0.338 e. The van der Waals surface area contributed by atoms with Gasteiger partial charge in [-0.2, -0.15) is 0 Å². The van der Waals surface area contributed by atoms with Crippen molar-refractivity contribution in [3.05, 3.63) is 124 Å². The van der Waals surface area contributed by atoms with Gasteiger partial charge >= 0.3 is 5.97 Å². The second-order valence-corrected chi connectivity index (χ2v) is 9.88. The molecule has 0 radical (unpaired) electrons. The molecule has 0 amide bonds. The summed E-state index contributed by atoms with van der Waals surface area (Å²) in [6.07, 6.45) is 3.55. The zero-order valence-corrected chi connectivity index (χ0v) is 21.9. The number of fused-ring (bicyclic) bond motifs is 1. The van der Waals surface area contributed by atoms with E-state index in [4.69, 9.17) is 16.3 Å². The number of ether oxygens (including phenoxy) is 1. The minimum atomic E-state index is -0.730. The third-order valence-corrected chi connectivity index (χ3v) is 7.34. The van der Waals surface area contributed by atoms with Crippen molar-refractivity contribution in [2.75, 3.05) is 6.61 Å². The van der Waals surface area contributed by atoms with Crippen LogP contribution < -0.4 is 14.9 Å². The van der Waals surface area contributed by atoms with Crippen molar-refractivity contribution in [1.82, 2.24) is 9.13 Å². The predicted molar refractivity (Wildman–Crippen MR) is 144 cm³/mol. The Balaban J connectivity index is 1.66. The van der Waals surface area contributed by atoms with Gasteiger partial charge in [0, 0.05) is 34.7 Å². The third kappa shape index (κ3) is 4.59. The molecule has 38 heavy (non-hydrogen) atoms. The number of nitro benzene ring substituents is 1. The van der Waals surface area contributed by atoms with Gasteiger partial charge < -0.3 is 9.30 Å². The summed E-state index contributed by atoms with van der Waals surface area (Å²) in [5.74, 6) is -0.532. The van der Waals surface area contributed by atoms with Crippen molar-refractivity contribution in [1.29, 1.82) is 0 Å². The van der Waals surface area contributed by atoms with Gasteiger partial charge in [0.2, 0.25) is 0 Å². The molecule has 0 bridgehead atoms. The fraction of sp³-hybridized carbons (Fsp3) is 0.148. The number of esters is 1. The highest BCUT2D eigenvalue weighted by molar-refractivity contribution is 7.07. The highest BCUT2D eigenvalue weighted by Gasteiger charge is 2.33. The first kappa shape index (κ1) is 25.4. The molecule has 1 unspecified atom stereocenters.